The fraction of sp³-hybridized carbons (Fsp3) is 0.381. The molecule has 31 heavy (non-hydrogen) atoms. The largest absolute Gasteiger partial charge is 0.466 e. The minimum absolute atomic E-state index is 0.00564. The van der Waals surface area contributed by atoms with Crippen LogP contribution in [0.3, 0.4) is 0 Å². The summed E-state index contributed by atoms with van der Waals surface area (Å²) in [6.07, 6.45) is 1.54. The van der Waals surface area contributed by atoms with Crippen LogP contribution in [0.25, 0.3) is 0 Å². The van der Waals surface area contributed by atoms with E-state index in [9.17, 15) is 13.2 Å². The van der Waals surface area contributed by atoms with Crippen molar-refractivity contribution in [2.24, 2.45) is 0 Å². The third-order valence-corrected chi connectivity index (χ3v) is 6.60. The molecule has 0 atom stereocenters. The standard InChI is InChI=1S/C21H26N4O4S2/c1-5-29-18(26)11-16-14-30-20(22-16)24-31(27,28)17-13-25(23-19(17)21(2,3)4)12-15-9-7-6-8-10-15/h6-10,13-14H,5,11-12H2,1-4H3,(H,22,24). The smallest absolute Gasteiger partial charge is 0.311 e. The highest BCUT2D eigenvalue weighted by Crippen LogP contribution is 2.30. The quantitative estimate of drug-likeness (QED) is 0.513. The molecule has 166 valence electrons. The molecule has 0 saturated carbocycles. The van der Waals surface area contributed by atoms with Crippen molar-refractivity contribution in [3.63, 3.8) is 0 Å². The Morgan fingerprint density at radius 2 is 1.94 bits per heavy atom. The molecule has 0 unspecified atom stereocenters. The van der Waals surface area contributed by atoms with E-state index in [1.165, 1.54) is 0 Å². The molecule has 8 nitrogen and oxygen atoms in total. The first kappa shape index (κ1) is 23.0. The van der Waals surface area contributed by atoms with Gasteiger partial charge in [0.2, 0.25) is 0 Å². The zero-order chi connectivity index (χ0) is 22.6. The molecule has 0 aliphatic rings. The molecule has 1 aromatic carbocycles. The average molecular weight is 463 g/mol. The normalized spacial score (nSPS) is 12.0. The monoisotopic (exact) mass is 462 g/mol. The number of ether oxygens (including phenoxy) is 1. The SMILES string of the molecule is CCOC(=O)Cc1csc(NS(=O)(=O)c2cn(Cc3ccccc3)nc2C(C)(C)C)n1. The Labute approximate surface area is 186 Å². The van der Waals surface area contributed by atoms with E-state index in [4.69, 9.17) is 4.74 Å². The number of hydrogen-bond acceptors (Lipinski definition) is 7. The van der Waals surface area contributed by atoms with Crippen molar-refractivity contribution >= 4 is 32.5 Å². The second kappa shape index (κ2) is 9.19. The topological polar surface area (TPSA) is 103 Å². The summed E-state index contributed by atoms with van der Waals surface area (Å²) in [5.41, 5.74) is 1.46. The van der Waals surface area contributed by atoms with Crippen LogP contribution >= 0.6 is 11.3 Å². The highest BCUT2D eigenvalue weighted by Gasteiger charge is 2.30. The van der Waals surface area contributed by atoms with Gasteiger partial charge in [-0.15, -0.1) is 11.3 Å². The minimum atomic E-state index is -3.93. The van der Waals surface area contributed by atoms with Crippen LogP contribution in [0.4, 0.5) is 5.13 Å². The van der Waals surface area contributed by atoms with Gasteiger partial charge in [0.05, 0.1) is 31.0 Å². The van der Waals surface area contributed by atoms with Gasteiger partial charge in [-0.3, -0.25) is 14.2 Å². The molecule has 0 aliphatic heterocycles. The molecule has 0 fully saturated rings. The summed E-state index contributed by atoms with van der Waals surface area (Å²) in [4.78, 5) is 15.9. The van der Waals surface area contributed by atoms with E-state index in [1.807, 2.05) is 51.1 Å². The maximum Gasteiger partial charge on any atom is 0.311 e. The van der Waals surface area contributed by atoms with Gasteiger partial charge in [-0.1, -0.05) is 51.1 Å². The predicted octanol–water partition coefficient (Wildman–Crippen LogP) is 3.59. The highest BCUT2D eigenvalue weighted by molar-refractivity contribution is 7.93. The lowest BCUT2D eigenvalue weighted by Crippen LogP contribution is -2.20. The van der Waals surface area contributed by atoms with Gasteiger partial charge in [0, 0.05) is 17.0 Å². The van der Waals surface area contributed by atoms with E-state index in [2.05, 4.69) is 14.8 Å². The molecule has 0 radical (unpaired) electrons. The van der Waals surface area contributed by atoms with Crippen molar-refractivity contribution in [3.05, 3.63) is 58.9 Å². The molecule has 10 heteroatoms. The van der Waals surface area contributed by atoms with E-state index in [-0.39, 0.29) is 23.1 Å². The molecular weight excluding hydrogens is 436 g/mol. The van der Waals surface area contributed by atoms with Crippen molar-refractivity contribution in [2.75, 3.05) is 11.3 Å². The van der Waals surface area contributed by atoms with Gasteiger partial charge in [0.25, 0.3) is 10.0 Å². The molecule has 2 heterocycles. The van der Waals surface area contributed by atoms with Crippen LogP contribution in [0.5, 0.6) is 0 Å². The van der Waals surface area contributed by atoms with E-state index >= 15 is 0 Å². The van der Waals surface area contributed by atoms with Crippen LogP contribution in [-0.2, 0) is 37.9 Å². The third kappa shape index (κ3) is 5.92. The zero-order valence-corrected chi connectivity index (χ0v) is 19.6. The fourth-order valence-electron chi connectivity index (χ4n) is 2.94. The number of rotatable bonds is 8. The molecule has 3 rings (SSSR count). The van der Waals surface area contributed by atoms with Gasteiger partial charge in [-0.2, -0.15) is 5.10 Å². The predicted molar refractivity (Wildman–Crippen MR) is 120 cm³/mol. The summed E-state index contributed by atoms with van der Waals surface area (Å²) in [7, 11) is -3.93. The van der Waals surface area contributed by atoms with E-state index in [1.54, 1.807) is 23.2 Å². The molecule has 2 aromatic heterocycles. The lowest BCUT2D eigenvalue weighted by Gasteiger charge is -2.17. The number of carbonyl (C=O) groups is 1. The Balaban J connectivity index is 1.86. The van der Waals surface area contributed by atoms with Gasteiger partial charge in [0.15, 0.2) is 5.13 Å². The second-order valence-electron chi connectivity index (χ2n) is 8.01. The average Bonchev–Trinajstić information content (AvgIpc) is 3.29. The van der Waals surface area contributed by atoms with Gasteiger partial charge in [0.1, 0.15) is 4.90 Å². The number of hydrogen-bond donors (Lipinski definition) is 1. The number of carbonyl (C=O) groups excluding carboxylic acids is 1. The van der Waals surface area contributed by atoms with E-state index < -0.39 is 21.4 Å². The van der Waals surface area contributed by atoms with Gasteiger partial charge in [-0.25, -0.2) is 13.4 Å². The van der Waals surface area contributed by atoms with E-state index in [0.717, 1.165) is 16.9 Å². The van der Waals surface area contributed by atoms with Crippen molar-refractivity contribution in [1.29, 1.82) is 0 Å². The first-order valence-electron chi connectivity index (χ1n) is 9.83. The van der Waals surface area contributed by atoms with Crippen LogP contribution in [0.2, 0.25) is 0 Å². The van der Waals surface area contributed by atoms with Gasteiger partial charge in [-0.05, 0) is 12.5 Å². The number of benzene rings is 1. The molecule has 0 saturated heterocycles. The Kier molecular flexibility index (Phi) is 6.80. The molecule has 0 aliphatic carbocycles. The maximum atomic E-state index is 13.2. The number of nitrogens with one attached hydrogen (secondary N) is 1. The molecule has 0 spiro atoms. The lowest BCUT2D eigenvalue weighted by molar-refractivity contribution is -0.142. The summed E-state index contributed by atoms with van der Waals surface area (Å²) in [6.45, 7) is 8.22. The summed E-state index contributed by atoms with van der Waals surface area (Å²) >= 11 is 1.12. The summed E-state index contributed by atoms with van der Waals surface area (Å²) < 4.78 is 35.4. The molecule has 1 N–H and O–H groups in total. The van der Waals surface area contributed by atoms with Crippen LogP contribution in [-0.4, -0.2) is 35.8 Å². The number of thiazole rings is 1. The summed E-state index contributed by atoms with van der Waals surface area (Å²) in [5.74, 6) is -0.403. The second-order valence-corrected chi connectivity index (χ2v) is 10.5. The van der Waals surface area contributed by atoms with Crippen molar-refractivity contribution in [2.45, 2.75) is 51.0 Å². The van der Waals surface area contributed by atoms with Crippen LogP contribution in [0, 0.1) is 0 Å². The number of anilines is 1. The summed E-state index contributed by atoms with van der Waals surface area (Å²) in [6, 6.07) is 9.71. The Bertz CT molecular complexity index is 1150. The highest BCUT2D eigenvalue weighted by atomic mass is 32.2. The summed E-state index contributed by atoms with van der Waals surface area (Å²) in [5, 5.41) is 6.40. The lowest BCUT2D eigenvalue weighted by atomic mass is 9.92. The van der Waals surface area contributed by atoms with Gasteiger partial charge >= 0.3 is 5.97 Å². The van der Waals surface area contributed by atoms with Crippen LogP contribution < -0.4 is 4.72 Å². The first-order chi connectivity index (χ1) is 14.6. The molecule has 3 aromatic rings. The Morgan fingerprint density at radius 3 is 2.58 bits per heavy atom. The van der Waals surface area contributed by atoms with Crippen LogP contribution in [0.15, 0.2) is 46.8 Å². The van der Waals surface area contributed by atoms with Crippen molar-refractivity contribution in [1.82, 2.24) is 14.8 Å². The fourth-order valence-corrected chi connectivity index (χ4v) is 5.26. The maximum absolute atomic E-state index is 13.2. The number of nitrogens with zero attached hydrogens (tertiary/aromatic N) is 3. The number of sulfonamides is 1. The zero-order valence-electron chi connectivity index (χ0n) is 18.0. The molecular formula is C21H26N4O4S2. The minimum Gasteiger partial charge on any atom is -0.466 e. The van der Waals surface area contributed by atoms with E-state index in [0.29, 0.717) is 17.9 Å². The van der Waals surface area contributed by atoms with Crippen LogP contribution in [0.1, 0.15) is 44.6 Å². The molecule has 0 bridgehead atoms. The Hall–Kier alpha value is -2.72. The number of esters is 1. The van der Waals surface area contributed by atoms with Gasteiger partial charge < -0.3 is 4.74 Å². The number of aromatic nitrogens is 3. The molecule has 0 amide bonds. The first-order valence-corrected chi connectivity index (χ1v) is 12.2. The van der Waals surface area contributed by atoms with Crippen molar-refractivity contribution < 1.29 is 17.9 Å². The Morgan fingerprint density at radius 1 is 1.23 bits per heavy atom. The third-order valence-electron chi connectivity index (χ3n) is 4.32. The van der Waals surface area contributed by atoms with Crippen molar-refractivity contribution in [3.8, 4) is 0 Å².